The maximum Gasteiger partial charge on any atom is 0.318 e. The molecule has 0 amide bonds. The van der Waals surface area contributed by atoms with Crippen molar-refractivity contribution in [2.24, 2.45) is 11.3 Å². The first kappa shape index (κ1) is 16.3. The molecule has 110 valence electrons. The molecule has 0 aliphatic carbocycles. The van der Waals surface area contributed by atoms with E-state index >= 15 is 0 Å². The number of hydrogen-bond donors (Lipinski definition) is 2. The average Bonchev–Trinajstić information content (AvgIpc) is 2.42. The first-order valence-corrected chi connectivity index (χ1v) is 6.58. The molecule has 2 N–H and O–H groups in total. The summed E-state index contributed by atoms with van der Waals surface area (Å²) in [6.45, 7) is 4.03. The van der Waals surface area contributed by atoms with Crippen molar-refractivity contribution in [2.45, 2.75) is 26.9 Å². The molecule has 1 atom stereocenters. The van der Waals surface area contributed by atoms with Gasteiger partial charge in [0.05, 0.1) is 6.61 Å². The van der Waals surface area contributed by atoms with Gasteiger partial charge in [-0.3, -0.25) is 9.63 Å². The van der Waals surface area contributed by atoms with Crippen molar-refractivity contribution in [1.82, 2.24) is 5.48 Å². The van der Waals surface area contributed by atoms with Crippen LogP contribution in [0.1, 0.15) is 25.8 Å². The minimum atomic E-state index is -1.44. The third-order valence-corrected chi connectivity index (χ3v) is 3.00. The lowest BCUT2D eigenvalue weighted by Gasteiger charge is -2.25. The molecular weight excluding hydrogens is 258 g/mol. The summed E-state index contributed by atoms with van der Waals surface area (Å²) < 4.78 is 0. The number of rotatable bonds is 9. The zero-order chi connectivity index (χ0) is 15.0. The van der Waals surface area contributed by atoms with Crippen LogP contribution in [0.15, 0.2) is 30.3 Å². The summed E-state index contributed by atoms with van der Waals surface area (Å²) in [4.78, 5) is 27.8. The number of hydroxylamine groups is 1. The monoisotopic (exact) mass is 279 g/mol. The maximum absolute atomic E-state index is 11.3. The largest absolute Gasteiger partial charge is 0.480 e. The fourth-order valence-electron chi connectivity index (χ4n) is 1.99. The standard InChI is InChI=1S/C15H21NO4/c1-12(2)8-15(11-17,14(18)19)10-16-20-9-13-6-4-3-5-7-13/h3-7,11-12,16H,8-10H2,1-2H3,(H,18,19). The highest BCUT2D eigenvalue weighted by Crippen LogP contribution is 2.24. The van der Waals surface area contributed by atoms with Gasteiger partial charge in [-0.25, -0.2) is 5.48 Å². The second-order valence-electron chi connectivity index (χ2n) is 5.27. The van der Waals surface area contributed by atoms with Crippen LogP contribution >= 0.6 is 0 Å². The van der Waals surface area contributed by atoms with Crippen LogP contribution < -0.4 is 5.48 Å². The molecule has 20 heavy (non-hydrogen) atoms. The normalized spacial score (nSPS) is 13.9. The fraction of sp³-hybridized carbons (Fsp3) is 0.467. The van der Waals surface area contributed by atoms with E-state index in [1.165, 1.54) is 0 Å². The number of nitrogens with one attached hydrogen (secondary N) is 1. The summed E-state index contributed by atoms with van der Waals surface area (Å²) in [5.74, 6) is -1.02. The zero-order valence-corrected chi connectivity index (χ0v) is 11.8. The lowest BCUT2D eigenvalue weighted by atomic mass is 9.81. The Balaban J connectivity index is 2.50. The number of hydrogen-bond acceptors (Lipinski definition) is 4. The Morgan fingerprint density at radius 2 is 2.05 bits per heavy atom. The van der Waals surface area contributed by atoms with Crippen molar-refractivity contribution < 1.29 is 19.5 Å². The van der Waals surface area contributed by atoms with Crippen LogP contribution in [-0.2, 0) is 21.0 Å². The summed E-state index contributed by atoms with van der Waals surface area (Å²) in [6.07, 6.45) is 0.766. The Hall–Kier alpha value is -1.72. The van der Waals surface area contributed by atoms with E-state index in [0.717, 1.165) is 5.56 Å². The van der Waals surface area contributed by atoms with Crippen molar-refractivity contribution >= 4 is 12.3 Å². The molecule has 1 aromatic carbocycles. The molecule has 5 heteroatoms. The van der Waals surface area contributed by atoms with Gasteiger partial charge in [-0.1, -0.05) is 44.2 Å². The number of carbonyl (C=O) groups is 2. The molecule has 5 nitrogen and oxygen atoms in total. The molecular formula is C15H21NO4. The number of aliphatic carboxylic acids is 1. The molecule has 1 aromatic rings. The number of aldehydes is 1. The van der Waals surface area contributed by atoms with Crippen LogP contribution in [0.25, 0.3) is 0 Å². The Morgan fingerprint density at radius 1 is 1.40 bits per heavy atom. The molecule has 1 unspecified atom stereocenters. The summed E-state index contributed by atoms with van der Waals surface area (Å²) >= 11 is 0. The van der Waals surface area contributed by atoms with E-state index in [0.29, 0.717) is 12.9 Å². The number of benzene rings is 1. The van der Waals surface area contributed by atoms with Gasteiger partial charge in [-0.15, -0.1) is 0 Å². The van der Waals surface area contributed by atoms with Gasteiger partial charge in [-0.2, -0.15) is 0 Å². The highest BCUT2D eigenvalue weighted by Gasteiger charge is 2.39. The Kier molecular flexibility index (Phi) is 6.35. The van der Waals surface area contributed by atoms with Gasteiger partial charge >= 0.3 is 5.97 Å². The summed E-state index contributed by atoms with van der Waals surface area (Å²) in [7, 11) is 0. The molecule has 0 spiro atoms. The maximum atomic E-state index is 11.3. The van der Waals surface area contributed by atoms with Crippen LogP contribution in [-0.4, -0.2) is 23.9 Å². The molecule has 0 heterocycles. The topological polar surface area (TPSA) is 75.6 Å². The van der Waals surface area contributed by atoms with Crippen LogP contribution in [0.2, 0.25) is 0 Å². The van der Waals surface area contributed by atoms with E-state index in [9.17, 15) is 14.7 Å². The third-order valence-electron chi connectivity index (χ3n) is 3.00. The predicted molar refractivity (Wildman–Crippen MR) is 74.8 cm³/mol. The van der Waals surface area contributed by atoms with Crippen LogP contribution in [0.5, 0.6) is 0 Å². The lowest BCUT2D eigenvalue weighted by molar-refractivity contribution is -0.154. The van der Waals surface area contributed by atoms with Crippen molar-refractivity contribution in [3.63, 3.8) is 0 Å². The predicted octanol–water partition coefficient (Wildman–Crippen LogP) is 2.02. The molecule has 0 aromatic heterocycles. The van der Waals surface area contributed by atoms with Gasteiger partial charge in [0, 0.05) is 6.54 Å². The van der Waals surface area contributed by atoms with E-state index < -0.39 is 11.4 Å². The summed E-state index contributed by atoms with van der Waals surface area (Å²) in [5.41, 5.74) is 2.13. The second-order valence-corrected chi connectivity index (χ2v) is 5.27. The van der Waals surface area contributed by atoms with Crippen LogP contribution in [0.3, 0.4) is 0 Å². The zero-order valence-electron chi connectivity index (χ0n) is 11.8. The Bertz CT molecular complexity index is 433. The number of carbonyl (C=O) groups excluding carboxylic acids is 1. The highest BCUT2D eigenvalue weighted by atomic mass is 16.6. The van der Waals surface area contributed by atoms with Crippen molar-refractivity contribution in [3.8, 4) is 0 Å². The van der Waals surface area contributed by atoms with Gasteiger partial charge in [0.25, 0.3) is 0 Å². The van der Waals surface area contributed by atoms with E-state index in [-0.39, 0.29) is 18.9 Å². The van der Waals surface area contributed by atoms with Crippen molar-refractivity contribution in [2.75, 3.05) is 6.54 Å². The van der Waals surface area contributed by atoms with E-state index in [2.05, 4.69) is 5.48 Å². The summed E-state index contributed by atoms with van der Waals surface area (Å²) in [6, 6.07) is 9.50. The molecule has 0 aliphatic heterocycles. The van der Waals surface area contributed by atoms with E-state index in [1.807, 2.05) is 44.2 Å². The number of carboxylic acid groups (broad SMARTS) is 1. The van der Waals surface area contributed by atoms with Gasteiger partial charge < -0.3 is 9.90 Å². The minimum Gasteiger partial charge on any atom is -0.480 e. The molecule has 0 aliphatic rings. The first-order chi connectivity index (χ1) is 9.50. The molecule has 0 saturated heterocycles. The molecule has 0 radical (unpaired) electrons. The smallest absolute Gasteiger partial charge is 0.318 e. The highest BCUT2D eigenvalue weighted by molar-refractivity contribution is 5.92. The minimum absolute atomic E-state index is 0.0448. The van der Waals surface area contributed by atoms with Gasteiger partial charge in [0.1, 0.15) is 11.7 Å². The third kappa shape index (κ3) is 4.75. The van der Waals surface area contributed by atoms with Crippen molar-refractivity contribution in [1.29, 1.82) is 0 Å². The Morgan fingerprint density at radius 3 is 2.55 bits per heavy atom. The Labute approximate surface area is 118 Å². The van der Waals surface area contributed by atoms with Gasteiger partial charge in [0.2, 0.25) is 0 Å². The van der Waals surface area contributed by atoms with E-state index in [4.69, 9.17) is 4.84 Å². The quantitative estimate of drug-likeness (QED) is 0.313. The van der Waals surface area contributed by atoms with E-state index in [1.54, 1.807) is 0 Å². The first-order valence-electron chi connectivity index (χ1n) is 6.58. The second kappa shape index (κ2) is 7.77. The van der Waals surface area contributed by atoms with Gasteiger partial charge in [0.15, 0.2) is 0 Å². The average molecular weight is 279 g/mol. The summed E-state index contributed by atoms with van der Waals surface area (Å²) in [5, 5.41) is 9.26. The van der Waals surface area contributed by atoms with Crippen LogP contribution in [0.4, 0.5) is 0 Å². The SMILES string of the molecule is CC(C)CC(C=O)(CNOCc1ccccc1)C(=O)O. The van der Waals surface area contributed by atoms with Gasteiger partial charge in [-0.05, 0) is 17.9 Å². The molecule has 0 fully saturated rings. The molecule has 0 saturated carbocycles. The van der Waals surface area contributed by atoms with Crippen molar-refractivity contribution in [3.05, 3.63) is 35.9 Å². The molecule has 0 bridgehead atoms. The fourth-order valence-corrected chi connectivity index (χ4v) is 1.99. The number of carboxylic acids is 1. The lowest BCUT2D eigenvalue weighted by Crippen LogP contribution is -2.43. The molecule has 1 rings (SSSR count). The van der Waals surface area contributed by atoms with Crippen LogP contribution in [0, 0.1) is 11.3 Å².